The van der Waals surface area contributed by atoms with E-state index in [0.29, 0.717) is 11.3 Å². The van der Waals surface area contributed by atoms with Crippen LogP contribution in [0.1, 0.15) is 5.56 Å². The molecule has 7 heteroatoms. The summed E-state index contributed by atoms with van der Waals surface area (Å²) in [6, 6.07) is 14.1. The maximum atomic E-state index is 11.1. The number of hydrogen-bond acceptors (Lipinski definition) is 5. The molecule has 0 aliphatic heterocycles. The van der Waals surface area contributed by atoms with Crippen LogP contribution in [-0.2, 0) is 0 Å². The number of anilines is 1. The van der Waals surface area contributed by atoms with Crippen LogP contribution < -0.4 is 5.32 Å². The van der Waals surface area contributed by atoms with Gasteiger partial charge in [0.2, 0.25) is 0 Å². The quantitative estimate of drug-likeness (QED) is 0.671. The summed E-state index contributed by atoms with van der Waals surface area (Å²) < 4.78 is 0. The van der Waals surface area contributed by atoms with E-state index >= 15 is 0 Å². The van der Waals surface area contributed by atoms with Crippen molar-refractivity contribution in [2.45, 2.75) is 0 Å². The zero-order valence-corrected chi connectivity index (χ0v) is 10.8. The molecule has 7 nitrogen and oxygen atoms in total. The van der Waals surface area contributed by atoms with E-state index in [-0.39, 0.29) is 11.4 Å². The molecular formula is C14H11N3O4. The third-order valence-corrected chi connectivity index (χ3v) is 2.72. The summed E-state index contributed by atoms with van der Waals surface area (Å²) in [6.07, 6.45) is 1.26. The molecule has 1 N–H and O–H groups in total. The highest BCUT2D eigenvalue weighted by Gasteiger charge is 2.13. The predicted octanol–water partition coefficient (Wildman–Crippen LogP) is 3.28. The third kappa shape index (κ3) is 3.63. The second-order valence-corrected chi connectivity index (χ2v) is 4.10. The molecule has 0 atom stereocenters. The first kappa shape index (κ1) is 14.2. The van der Waals surface area contributed by atoms with Crippen LogP contribution in [0, 0.1) is 20.2 Å². The Balaban J connectivity index is 2.21. The number of nitro groups is 2. The van der Waals surface area contributed by atoms with Crippen LogP contribution in [0.2, 0.25) is 0 Å². The Morgan fingerprint density at radius 3 is 2.10 bits per heavy atom. The summed E-state index contributed by atoms with van der Waals surface area (Å²) >= 11 is 0. The Labute approximate surface area is 119 Å². The van der Waals surface area contributed by atoms with Crippen LogP contribution in [-0.4, -0.2) is 9.85 Å². The van der Waals surface area contributed by atoms with Crippen molar-refractivity contribution in [1.82, 2.24) is 0 Å². The van der Waals surface area contributed by atoms with Gasteiger partial charge in [-0.1, -0.05) is 18.2 Å². The van der Waals surface area contributed by atoms with Gasteiger partial charge in [0.05, 0.1) is 21.6 Å². The normalized spacial score (nSPS) is 11.0. The van der Waals surface area contributed by atoms with Crippen molar-refractivity contribution in [2.75, 3.05) is 5.32 Å². The van der Waals surface area contributed by atoms with Gasteiger partial charge in [-0.15, -0.1) is 0 Å². The summed E-state index contributed by atoms with van der Waals surface area (Å²) in [7, 11) is 0. The van der Waals surface area contributed by atoms with Gasteiger partial charge >= 0.3 is 0 Å². The van der Waals surface area contributed by atoms with Gasteiger partial charge in [0.1, 0.15) is 0 Å². The predicted molar refractivity (Wildman–Crippen MR) is 78.1 cm³/mol. The van der Waals surface area contributed by atoms with Crippen molar-refractivity contribution in [1.29, 1.82) is 0 Å². The van der Waals surface area contributed by atoms with Crippen LogP contribution in [0.25, 0.3) is 5.70 Å². The number of non-ortho nitro benzene ring substituents is 1. The first-order valence-electron chi connectivity index (χ1n) is 5.99. The fourth-order valence-electron chi connectivity index (χ4n) is 1.68. The molecule has 0 radical (unpaired) electrons. The Bertz CT molecular complexity index is 681. The van der Waals surface area contributed by atoms with E-state index in [1.165, 1.54) is 30.5 Å². The number of rotatable bonds is 5. The van der Waals surface area contributed by atoms with Gasteiger partial charge < -0.3 is 5.32 Å². The second kappa shape index (κ2) is 6.29. The highest BCUT2D eigenvalue weighted by Crippen LogP contribution is 2.18. The molecule has 0 amide bonds. The molecule has 0 aliphatic carbocycles. The first-order chi connectivity index (χ1) is 10.1. The van der Waals surface area contributed by atoms with E-state index in [2.05, 4.69) is 5.32 Å². The second-order valence-electron chi connectivity index (χ2n) is 4.10. The highest BCUT2D eigenvalue weighted by molar-refractivity contribution is 5.62. The fourth-order valence-corrected chi connectivity index (χ4v) is 1.68. The summed E-state index contributed by atoms with van der Waals surface area (Å²) in [4.78, 5) is 20.6. The molecular weight excluding hydrogens is 274 g/mol. The van der Waals surface area contributed by atoms with E-state index in [0.717, 1.165) is 0 Å². The number of nitrogens with zero attached hydrogens (tertiary/aromatic N) is 2. The molecule has 0 fully saturated rings. The molecule has 0 saturated carbocycles. The van der Waals surface area contributed by atoms with E-state index in [1.807, 2.05) is 0 Å². The average Bonchev–Trinajstić information content (AvgIpc) is 2.48. The van der Waals surface area contributed by atoms with Crippen LogP contribution in [0.5, 0.6) is 0 Å². The van der Waals surface area contributed by atoms with Crippen molar-refractivity contribution in [2.24, 2.45) is 0 Å². The van der Waals surface area contributed by atoms with Gasteiger partial charge in [0.15, 0.2) is 0 Å². The Hall–Kier alpha value is -3.22. The van der Waals surface area contributed by atoms with Crippen molar-refractivity contribution in [3.63, 3.8) is 0 Å². The molecule has 0 aromatic heterocycles. The summed E-state index contributed by atoms with van der Waals surface area (Å²) in [6.45, 7) is 0. The molecule has 2 aromatic carbocycles. The molecule has 0 aliphatic rings. The van der Waals surface area contributed by atoms with Crippen molar-refractivity contribution in [3.8, 4) is 0 Å². The lowest BCUT2D eigenvalue weighted by atomic mass is 10.2. The smallest absolute Gasteiger partial charge is 0.292 e. The lowest BCUT2D eigenvalue weighted by Gasteiger charge is -2.02. The third-order valence-electron chi connectivity index (χ3n) is 2.72. The van der Waals surface area contributed by atoms with Gasteiger partial charge in [0, 0.05) is 17.8 Å². The van der Waals surface area contributed by atoms with Gasteiger partial charge in [-0.25, -0.2) is 0 Å². The molecule has 2 rings (SSSR count). The van der Waals surface area contributed by atoms with Crippen LogP contribution in [0.3, 0.4) is 0 Å². The fraction of sp³-hybridized carbons (Fsp3) is 0. The van der Waals surface area contributed by atoms with Crippen LogP contribution in [0.4, 0.5) is 11.4 Å². The van der Waals surface area contributed by atoms with Crippen molar-refractivity contribution < 1.29 is 9.85 Å². The molecule has 0 unspecified atom stereocenters. The van der Waals surface area contributed by atoms with E-state index in [9.17, 15) is 20.2 Å². The van der Waals surface area contributed by atoms with E-state index < -0.39 is 9.85 Å². The first-order valence-corrected chi connectivity index (χ1v) is 5.99. The van der Waals surface area contributed by atoms with Gasteiger partial charge in [-0.3, -0.25) is 20.2 Å². The molecule has 0 heterocycles. The average molecular weight is 285 g/mol. The zero-order chi connectivity index (χ0) is 15.2. The molecule has 106 valence electrons. The van der Waals surface area contributed by atoms with Crippen LogP contribution in [0.15, 0.2) is 60.8 Å². The number of nitro benzene ring substituents is 1. The molecule has 0 bridgehead atoms. The molecule has 21 heavy (non-hydrogen) atoms. The Kier molecular flexibility index (Phi) is 4.25. The largest absolute Gasteiger partial charge is 0.356 e. The van der Waals surface area contributed by atoms with E-state index in [4.69, 9.17) is 0 Å². The maximum Gasteiger partial charge on any atom is 0.292 e. The molecule has 2 aromatic rings. The SMILES string of the molecule is O=[N+]([O-])C(=CNc1ccc([N+](=O)[O-])cc1)c1ccccc1. The van der Waals surface area contributed by atoms with Crippen molar-refractivity contribution in [3.05, 3.63) is 86.6 Å². The summed E-state index contributed by atoms with van der Waals surface area (Å²) in [5.74, 6) is 0. The number of benzene rings is 2. The Morgan fingerprint density at radius 2 is 1.57 bits per heavy atom. The summed E-state index contributed by atoms with van der Waals surface area (Å²) in [5.41, 5.74) is 0.865. The number of nitrogens with one attached hydrogen (secondary N) is 1. The maximum absolute atomic E-state index is 11.1. The molecule has 0 spiro atoms. The van der Waals surface area contributed by atoms with Gasteiger partial charge in [0.25, 0.3) is 11.4 Å². The zero-order valence-electron chi connectivity index (χ0n) is 10.8. The standard InChI is InChI=1S/C14H11N3O4/c18-16(19)13-8-6-12(7-9-13)15-10-14(17(20)21)11-4-2-1-3-5-11/h1-10,15H. The van der Waals surface area contributed by atoms with E-state index in [1.54, 1.807) is 30.3 Å². The minimum Gasteiger partial charge on any atom is -0.356 e. The minimum atomic E-state index is -0.508. The summed E-state index contributed by atoms with van der Waals surface area (Å²) in [5, 5.41) is 24.4. The Morgan fingerprint density at radius 1 is 0.952 bits per heavy atom. The lowest BCUT2D eigenvalue weighted by Crippen LogP contribution is -2.01. The van der Waals surface area contributed by atoms with Gasteiger partial charge in [-0.05, 0) is 24.3 Å². The molecule has 0 saturated heterocycles. The highest BCUT2D eigenvalue weighted by atomic mass is 16.6. The van der Waals surface area contributed by atoms with Crippen LogP contribution >= 0.6 is 0 Å². The topological polar surface area (TPSA) is 98.3 Å². The monoisotopic (exact) mass is 285 g/mol. The van der Waals surface area contributed by atoms with Gasteiger partial charge in [-0.2, -0.15) is 0 Å². The number of hydrogen-bond donors (Lipinski definition) is 1. The lowest BCUT2D eigenvalue weighted by molar-refractivity contribution is -0.384. The minimum absolute atomic E-state index is 0.0397. The van der Waals surface area contributed by atoms with Crippen molar-refractivity contribution >= 4 is 17.1 Å².